The Bertz CT molecular complexity index is 392. The molecule has 0 saturated carbocycles. The SMILES string of the molecule is N=C(N)N1CCCCC1c1cccc(F)c1. The number of halogens is 1. The van der Waals surface area contributed by atoms with Gasteiger partial charge >= 0.3 is 0 Å². The average Bonchev–Trinajstić information content (AvgIpc) is 2.29. The highest BCUT2D eigenvalue weighted by Gasteiger charge is 2.24. The van der Waals surface area contributed by atoms with E-state index < -0.39 is 0 Å². The van der Waals surface area contributed by atoms with Crippen LogP contribution in [0.3, 0.4) is 0 Å². The summed E-state index contributed by atoms with van der Waals surface area (Å²) in [6.45, 7) is 0.788. The van der Waals surface area contributed by atoms with Crippen LogP contribution in [0.15, 0.2) is 24.3 Å². The van der Waals surface area contributed by atoms with E-state index in [0.29, 0.717) is 0 Å². The van der Waals surface area contributed by atoms with Crippen LogP contribution in [0.4, 0.5) is 4.39 Å². The van der Waals surface area contributed by atoms with Gasteiger partial charge in [0.15, 0.2) is 5.96 Å². The molecule has 1 aliphatic heterocycles. The Morgan fingerprint density at radius 2 is 2.25 bits per heavy atom. The van der Waals surface area contributed by atoms with Gasteiger partial charge in [-0.05, 0) is 37.0 Å². The number of hydrogen-bond acceptors (Lipinski definition) is 1. The highest BCUT2D eigenvalue weighted by atomic mass is 19.1. The lowest BCUT2D eigenvalue weighted by atomic mass is 9.95. The number of benzene rings is 1. The molecule has 1 unspecified atom stereocenters. The molecule has 3 nitrogen and oxygen atoms in total. The number of piperidine rings is 1. The third-order valence-electron chi connectivity index (χ3n) is 3.05. The third kappa shape index (κ3) is 2.15. The number of likely N-dealkylation sites (tertiary alicyclic amines) is 1. The van der Waals surface area contributed by atoms with Gasteiger partial charge in [-0.25, -0.2) is 4.39 Å². The fourth-order valence-corrected chi connectivity index (χ4v) is 2.28. The molecular weight excluding hydrogens is 205 g/mol. The van der Waals surface area contributed by atoms with Crippen molar-refractivity contribution in [3.8, 4) is 0 Å². The molecule has 1 aliphatic rings. The van der Waals surface area contributed by atoms with E-state index in [-0.39, 0.29) is 17.8 Å². The molecule has 86 valence electrons. The Hall–Kier alpha value is -1.58. The second-order valence-corrected chi connectivity index (χ2v) is 4.15. The number of guanidine groups is 1. The van der Waals surface area contributed by atoms with E-state index in [0.717, 1.165) is 31.4 Å². The monoisotopic (exact) mass is 221 g/mol. The van der Waals surface area contributed by atoms with Gasteiger partial charge in [-0.15, -0.1) is 0 Å². The summed E-state index contributed by atoms with van der Waals surface area (Å²) >= 11 is 0. The maximum absolute atomic E-state index is 13.1. The van der Waals surface area contributed by atoms with E-state index in [4.69, 9.17) is 11.1 Å². The fraction of sp³-hybridized carbons (Fsp3) is 0.417. The number of nitrogens with zero attached hydrogens (tertiary/aromatic N) is 1. The summed E-state index contributed by atoms with van der Waals surface area (Å²) in [5.74, 6) is -0.152. The quantitative estimate of drug-likeness (QED) is 0.564. The molecule has 1 aromatic carbocycles. The van der Waals surface area contributed by atoms with Crippen LogP contribution >= 0.6 is 0 Å². The van der Waals surface area contributed by atoms with Gasteiger partial charge in [-0.3, -0.25) is 5.41 Å². The fourth-order valence-electron chi connectivity index (χ4n) is 2.28. The van der Waals surface area contributed by atoms with Gasteiger partial charge in [0, 0.05) is 6.54 Å². The second-order valence-electron chi connectivity index (χ2n) is 4.15. The van der Waals surface area contributed by atoms with E-state index >= 15 is 0 Å². The zero-order valence-corrected chi connectivity index (χ0v) is 9.12. The molecule has 1 fully saturated rings. The average molecular weight is 221 g/mol. The Kier molecular flexibility index (Phi) is 3.08. The first-order valence-electron chi connectivity index (χ1n) is 5.54. The zero-order chi connectivity index (χ0) is 11.5. The van der Waals surface area contributed by atoms with Crippen molar-refractivity contribution >= 4 is 5.96 Å². The van der Waals surface area contributed by atoms with Gasteiger partial charge in [0.1, 0.15) is 5.82 Å². The largest absolute Gasteiger partial charge is 0.370 e. The molecule has 1 aromatic rings. The molecule has 16 heavy (non-hydrogen) atoms. The molecule has 0 radical (unpaired) electrons. The predicted molar refractivity (Wildman–Crippen MR) is 61.6 cm³/mol. The van der Waals surface area contributed by atoms with Gasteiger partial charge in [-0.1, -0.05) is 12.1 Å². The molecular formula is C12H16FN3. The Balaban J connectivity index is 2.26. The maximum atomic E-state index is 13.1. The van der Waals surface area contributed by atoms with Gasteiger partial charge in [-0.2, -0.15) is 0 Å². The third-order valence-corrected chi connectivity index (χ3v) is 3.05. The van der Waals surface area contributed by atoms with Crippen molar-refractivity contribution in [2.75, 3.05) is 6.54 Å². The minimum Gasteiger partial charge on any atom is -0.370 e. The van der Waals surface area contributed by atoms with Crippen LogP contribution in [0.2, 0.25) is 0 Å². The van der Waals surface area contributed by atoms with Crippen molar-refractivity contribution in [2.45, 2.75) is 25.3 Å². The number of rotatable bonds is 1. The molecule has 0 aromatic heterocycles. The van der Waals surface area contributed by atoms with Crippen LogP contribution in [0.5, 0.6) is 0 Å². The number of hydrogen-bond donors (Lipinski definition) is 2. The summed E-state index contributed by atoms with van der Waals surface area (Å²) in [7, 11) is 0. The molecule has 0 amide bonds. The molecule has 3 N–H and O–H groups in total. The maximum Gasteiger partial charge on any atom is 0.188 e. The molecule has 0 aliphatic carbocycles. The molecule has 1 saturated heterocycles. The van der Waals surface area contributed by atoms with Crippen LogP contribution in [0.25, 0.3) is 0 Å². The van der Waals surface area contributed by atoms with Crippen molar-refractivity contribution in [3.63, 3.8) is 0 Å². The van der Waals surface area contributed by atoms with Crippen LogP contribution in [0.1, 0.15) is 30.9 Å². The highest BCUT2D eigenvalue weighted by Crippen LogP contribution is 2.30. The second kappa shape index (κ2) is 4.51. The lowest BCUT2D eigenvalue weighted by Crippen LogP contribution is -2.42. The van der Waals surface area contributed by atoms with Crippen molar-refractivity contribution in [1.29, 1.82) is 5.41 Å². The van der Waals surface area contributed by atoms with Gasteiger partial charge in [0.05, 0.1) is 6.04 Å². The lowest BCUT2D eigenvalue weighted by molar-refractivity contribution is 0.240. The van der Waals surface area contributed by atoms with E-state index in [1.165, 1.54) is 12.1 Å². The van der Waals surface area contributed by atoms with Crippen molar-refractivity contribution < 1.29 is 4.39 Å². The molecule has 1 heterocycles. The molecule has 4 heteroatoms. The minimum absolute atomic E-state index is 0.0574. The van der Waals surface area contributed by atoms with Crippen molar-refractivity contribution in [2.24, 2.45) is 5.73 Å². The van der Waals surface area contributed by atoms with E-state index in [2.05, 4.69) is 0 Å². The summed E-state index contributed by atoms with van der Waals surface area (Å²) in [5.41, 5.74) is 6.46. The summed E-state index contributed by atoms with van der Waals surface area (Å²) in [4.78, 5) is 1.85. The molecule has 2 rings (SSSR count). The normalized spacial score (nSPS) is 20.8. The first-order chi connectivity index (χ1) is 7.68. The van der Waals surface area contributed by atoms with E-state index in [1.807, 2.05) is 11.0 Å². The Labute approximate surface area is 94.6 Å². The van der Waals surface area contributed by atoms with Crippen molar-refractivity contribution in [1.82, 2.24) is 4.90 Å². The van der Waals surface area contributed by atoms with Crippen LogP contribution < -0.4 is 5.73 Å². The van der Waals surface area contributed by atoms with Gasteiger partial charge < -0.3 is 10.6 Å². The standard InChI is InChI=1S/C12H16FN3/c13-10-5-3-4-9(8-10)11-6-1-2-7-16(11)12(14)15/h3-5,8,11H,1-2,6-7H2,(H3,14,15). The number of nitrogens with two attached hydrogens (primary N) is 1. The Morgan fingerprint density at radius 1 is 1.44 bits per heavy atom. The van der Waals surface area contributed by atoms with Crippen LogP contribution in [-0.2, 0) is 0 Å². The number of nitrogens with one attached hydrogen (secondary N) is 1. The molecule has 1 atom stereocenters. The van der Waals surface area contributed by atoms with E-state index in [1.54, 1.807) is 6.07 Å². The topological polar surface area (TPSA) is 53.1 Å². The smallest absolute Gasteiger partial charge is 0.188 e. The highest BCUT2D eigenvalue weighted by molar-refractivity contribution is 5.75. The zero-order valence-electron chi connectivity index (χ0n) is 9.12. The first kappa shape index (κ1) is 10.9. The molecule has 0 spiro atoms. The summed E-state index contributed by atoms with van der Waals surface area (Å²) < 4.78 is 13.1. The van der Waals surface area contributed by atoms with Gasteiger partial charge in [0.2, 0.25) is 0 Å². The summed E-state index contributed by atoms with van der Waals surface area (Å²) in [6.07, 6.45) is 3.08. The van der Waals surface area contributed by atoms with Crippen LogP contribution in [-0.4, -0.2) is 17.4 Å². The lowest BCUT2D eigenvalue weighted by Gasteiger charge is -2.36. The Morgan fingerprint density at radius 3 is 2.94 bits per heavy atom. The van der Waals surface area contributed by atoms with Gasteiger partial charge in [0.25, 0.3) is 0 Å². The first-order valence-corrected chi connectivity index (χ1v) is 5.54. The summed E-state index contributed by atoms with van der Waals surface area (Å²) in [5, 5.41) is 7.53. The van der Waals surface area contributed by atoms with Crippen molar-refractivity contribution in [3.05, 3.63) is 35.6 Å². The summed E-state index contributed by atoms with van der Waals surface area (Å²) in [6, 6.07) is 6.63. The van der Waals surface area contributed by atoms with Crippen LogP contribution in [0, 0.1) is 11.2 Å². The predicted octanol–water partition coefficient (Wildman–Crippen LogP) is 2.25. The minimum atomic E-state index is -0.230. The van der Waals surface area contributed by atoms with E-state index in [9.17, 15) is 4.39 Å². The molecule has 0 bridgehead atoms.